The SMILES string of the molecule is NCCCc1n[nH]c(CSc2ccccc2)n1. The van der Waals surface area contributed by atoms with E-state index in [4.69, 9.17) is 5.73 Å². The third kappa shape index (κ3) is 3.87. The van der Waals surface area contributed by atoms with E-state index in [1.54, 1.807) is 11.8 Å². The lowest BCUT2D eigenvalue weighted by Crippen LogP contribution is -2.01. The number of nitrogens with two attached hydrogens (primary N) is 1. The monoisotopic (exact) mass is 248 g/mol. The van der Waals surface area contributed by atoms with Crippen LogP contribution in [0.2, 0.25) is 0 Å². The molecule has 0 bridgehead atoms. The summed E-state index contributed by atoms with van der Waals surface area (Å²) in [6.45, 7) is 0.683. The van der Waals surface area contributed by atoms with Gasteiger partial charge in [-0.3, -0.25) is 5.10 Å². The summed E-state index contributed by atoms with van der Waals surface area (Å²) < 4.78 is 0. The molecule has 0 atom stereocenters. The Morgan fingerprint density at radius 1 is 1.24 bits per heavy atom. The molecule has 5 heteroatoms. The van der Waals surface area contributed by atoms with E-state index in [1.807, 2.05) is 18.2 Å². The van der Waals surface area contributed by atoms with E-state index < -0.39 is 0 Å². The van der Waals surface area contributed by atoms with E-state index >= 15 is 0 Å². The van der Waals surface area contributed by atoms with Crippen LogP contribution < -0.4 is 5.73 Å². The second-order valence-electron chi connectivity index (χ2n) is 3.69. The van der Waals surface area contributed by atoms with Crippen molar-refractivity contribution in [3.8, 4) is 0 Å². The van der Waals surface area contributed by atoms with Gasteiger partial charge >= 0.3 is 0 Å². The lowest BCUT2D eigenvalue weighted by Gasteiger charge is -1.97. The van der Waals surface area contributed by atoms with Crippen molar-refractivity contribution in [3.63, 3.8) is 0 Å². The smallest absolute Gasteiger partial charge is 0.150 e. The minimum absolute atomic E-state index is 0.683. The first-order valence-corrected chi connectivity index (χ1v) is 6.65. The molecule has 2 aromatic rings. The first kappa shape index (κ1) is 12.1. The molecular formula is C12H16N4S. The minimum atomic E-state index is 0.683. The number of nitrogens with zero attached hydrogens (tertiary/aromatic N) is 2. The summed E-state index contributed by atoms with van der Waals surface area (Å²) in [5, 5.41) is 7.12. The number of thioether (sulfide) groups is 1. The summed E-state index contributed by atoms with van der Waals surface area (Å²) in [6, 6.07) is 10.3. The molecule has 3 N–H and O–H groups in total. The van der Waals surface area contributed by atoms with Gasteiger partial charge in [0.25, 0.3) is 0 Å². The molecule has 1 aromatic carbocycles. The first-order chi connectivity index (χ1) is 8.38. The second-order valence-corrected chi connectivity index (χ2v) is 4.74. The molecule has 0 spiro atoms. The minimum Gasteiger partial charge on any atom is -0.330 e. The summed E-state index contributed by atoms with van der Waals surface area (Å²) >= 11 is 1.75. The molecule has 0 amide bonds. The molecule has 0 radical (unpaired) electrons. The number of benzene rings is 1. The molecule has 2 rings (SSSR count). The largest absolute Gasteiger partial charge is 0.330 e. The van der Waals surface area contributed by atoms with Gasteiger partial charge in [0.05, 0.1) is 5.75 Å². The number of H-pyrrole nitrogens is 1. The van der Waals surface area contributed by atoms with Crippen molar-refractivity contribution in [2.75, 3.05) is 6.54 Å². The van der Waals surface area contributed by atoms with E-state index in [9.17, 15) is 0 Å². The Morgan fingerprint density at radius 3 is 2.82 bits per heavy atom. The third-order valence-corrected chi connectivity index (χ3v) is 3.32. The Bertz CT molecular complexity index is 441. The summed E-state index contributed by atoms with van der Waals surface area (Å²) in [6.07, 6.45) is 1.78. The second kappa shape index (κ2) is 6.42. The van der Waals surface area contributed by atoms with Crippen molar-refractivity contribution >= 4 is 11.8 Å². The highest BCUT2D eigenvalue weighted by atomic mass is 32.2. The highest BCUT2D eigenvalue weighted by Gasteiger charge is 2.03. The molecule has 1 heterocycles. The van der Waals surface area contributed by atoms with Crippen molar-refractivity contribution < 1.29 is 0 Å². The Morgan fingerprint density at radius 2 is 2.06 bits per heavy atom. The lowest BCUT2D eigenvalue weighted by molar-refractivity contribution is 0.785. The summed E-state index contributed by atoms with van der Waals surface area (Å²) in [5.74, 6) is 2.60. The molecule has 4 nitrogen and oxygen atoms in total. The fourth-order valence-electron chi connectivity index (χ4n) is 1.44. The first-order valence-electron chi connectivity index (χ1n) is 5.66. The zero-order chi connectivity index (χ0) is 11.9. The van der Waals surface area contributed by atoms with Gasteiger partial charge in [-0.15, -0.1) is 11.8 Å². The van der Waals surface area contributed by atoms with Gasteiger partial charge in [-0.2, -0.15) is 5.10 Å². The van der Waals surface area contributed by atoms with Gasteiger partial charge < -0.3 is 5.73 Å². The van der Waals surface area contributed by atoms with Crippen LogP contribution in [0.25, 0.3) is 0 Å². The normalized spacial score (nSPS) is 10.6. The van der Waals surface area contributed by atoms with Crippen molar-refractivity contribution in [1.82, 2.24) is 15.2 Å². The Hall–Kier alpha value is -1.33. The van der Waals surface area contributed by atoms with Crippen LogP contribution in [0.3, 0.4) is 0 Å². The van der Waals surface area contributed by atoms with Gasteiger partial charge in [-0.1, -0.05) is 18.2 Å². The molecule has 0 unspecified atom stereocenters. The van der Waals surface area contributed by atoms with E-state index in [-0.39, 0.29) is 0 Å². The molecule has 17 heavy (non-hydrogen) atoms. The zero-order valence-corrected chi connectivity index (χ0v) is 10.4. The average Bonchev–Trinajstić information content (AvgIpc) is 2.83. The van der Waals surface area contributed by atoms with E-state index in [0.29, 0.717) is 6.54 Å². The zero-order valence-electron chi connectivity index (χ0n) is 9.60. The topological polar surface area (TPSA) is 67.6 Å². The number of hydrogen-bond acceptors (Lipinski definition) is 4. The van der Waals surface area contributed by atoms with Crippen LogP contribution in [-0.4, -0.2) is 21.7 Å². The fourth-order valence-corrected chi connectivity index (χ4v) is 2.22. The summed E-state index contributed by atoms with van der Waals surface area (Å²) in [7, 11) is 0. The Labute approximate surface area is 105 Å². The van der Waals surface area contributed by atoms with Gasteiger partial charge in [0.1, 0.15) is 5.82 Å². The quantitative estimate of drug-likeness (QED) is 0.767. The number of aromatic nitrogens is 3. The molecule has 1 aromatic heterocycles. The molecule has 0 saturated heterocycles. The third-order valence-electron chi connectivity index (χ3n) is 2.30. The number of aromatic amines is 1. The van der Waals surface area contributed by atoms with Crippen molar-refractivity contribution in [3.05, 3.63) is 42.0 Å². The maximum absolute atomic E-state index is 5.45. The van der Waals surface area contributed by atoms with Crippen LogP contribution in [-0.2, 0) is 12.2 Å². The predicted molar refractivity (Wildman–Crippen MR) is 69.8 cm³/mol. The van der Waals surface area contributed by atoms with Gasteiger partial charge in [0.15, 0.2) is 5.82 Å². The van der Waals surface area contributed by atoms with E-state index in [2.05, 4.69) is 27.3 Å². The maximum atomic E-state index is 5.45. The number of nitrogens with one attached hydrogen (secondary N) is 1. The van der Waals surface area contributed by atoms with Crippen molar-refractivity contribution in [2.45, 2.75) is 23.5 Å². The van der Waals surface area contributed by atoms with Crippen LogP contribution in [0, 0.1) is 0 Å². The fraction of sp³-hybridized carbons (Fsp3) is 0.333. The molecule has 0 aliphatic heterocycles. The lowest BCUT2D eigenvalue weighted by atomic mass is 10.3. The molecule has 90 valence electrons. The van der Waals surface area contributed by atoms with Crippen molar-refractivity contribution in [2.24, 2.45) is 5.73 Å². The molecule has 0 saturated carbocycles. The highest BCUT2D eigenvalue weighted by Crippen LogP contribution is 2.20. The van der Waals surface area contributed by atoms with Gasteiger partial charge in [0.2, 0.25) is 0 Å². The number of aryl methyl sites for hydroxylation is 1. The van der Waals surface area contributed by atoms with Gasteiger partial charge in [0, 0.05) is 11.3 Å². The molecule has 0 fully saturated rings. The molecule has 0 aliphatic rings. The molecular weight excluding hydrogens is 232 g/mol. The highest BCUT2D eigenvalue weighted by molar-refractivity contribution is 7.98. The Kier molecular flexibility index (Phi) is 4.58. The van der Waals surface area contributed by atoms with Gasteiger partial charge in [-0.05, 0) is 25.1 Å². The van der Waals surface area contributed by atoms with Gasteiger partial charge in [-0.25, -0.2) is 4.98 Å². The van der Waals surface area contributed by atoms with E-state index in [0.717, 1.165) is 30.2 Å². The average molecular weight is 248 g/mol. The number of hydrogen-bond donors (Lipinski definition) is 2. The number of rotatable bonds is 6. The van der Waals surface area contributed by atoms with Crippen LogP contribution in [0.1, 0.15) is 18.1 Å². The predicted octanol–water partition coefficient (Wildman–Crippen LogP) is 1.99. The van der Waals surface area contributed by atoms with Crippen LogP contribution in [0.5, 0.6) is 0 Å². The van der Waals surface area contributed by atoms with Crippen LogP contribution in [0.4, 0.5) is 0 Å². The van der Waals surface area contributed by atoms with Crippen molar-refractivity contribution in [1.29, 1.82) is 0 Å². The van der Waals surface area contributed by atoms with E-state index in [1.165, 1.54) is 4.90 Å². The maximum Gasteiger partial charge on any atom is 0.150 e. The van der Waals surface area contributed by atoms with Crippen LogP contribution >= 0.6 is 11.8 Å². The van der Waals surface area contributed by atoms with Crippen LogP contribution in [0.15, 0.2) is 35.2 Å². The summed E-state index contributed by atoms with van der Waals surface area (Å²) in [4.78, 5) is 5.66. The molecule has 0 aliphatic carbocycles. The standard InChI is InChI=1S/C12H16N4S/c13-8-4-7-11-14-12(16-15-11)9-17-10-5-2-1-3-6-10/h1-3,5-6H,4,7-9,13H2,(H,14,15,16). The summed E-state index contributed by atoms with van der Waals surface area (Å²) in [5.41, 5.74) is 5.45. The Balaban J connectivity index is 1.85.